The molecule has 0 amide bonds. The molecule has 0 saturated carbocycles. The largest absolute Gasteiger partial charge is 0.381 e. The van der Waals surface area contributed by atoms with Gasteiger partial charge in [-0.3, -0.25) is 0 Å². The summed E-state index contributed by atoms with van der Waals surface area (Å²) in [6, 6.07) is 0. The highest BCUT2D eigenvalue weighted by atomic mass is 16.6. The van der Waals surface area contributed by atoms with Crippen LogP contribution in [0, 0.1) is 5.41 Å². The summed E-state index contributed by atoms with van der Waals surface area (Å²) in [7, 11) is 0. The Balaban J connectivity index is 1.90. The predicted octanol–water partition coefficient (Wildman–Crippen LogP) is 0.531. The van der Waals surface area contributed by atoms with Gasteiger partial charge in [0.25, 0.3) is 0 Å². The SMILES string of the molecule is NCC1(CC2CO2)CCOCC1. The lowest BCUT2D eigenvalue weighted by Crippen LogP contribution is -2.37. The minimum absolute atomic E-state index is 0.333. The third-order valence-electron chi connectivity index (χ3n) is 3.05. The molecule has 2 aliphatic rings. The van der Waals surface area contributed by atoms with Gasteiger partial charge in [0.2, 0.25) is 0 Å². The van der Waals surface area contributed by atoms with E-state index >= 15 is 0 Å². The van der Waals surface area contributed by atoms with Crippen LogP contribution in [-0.2, 0) is 9.47 Å². The van der Waals surface area contributed by atoms with Crippen LogP contribution in [0.25, 0.3) is 0 Å². The second-order valence-corrected chi connectivity index (χ2v) is 3.98. The van der Waals surface area contributed by atoms with Crippen LogP contribution in [0.4, 0.5) is 0 Å². The molecule has 0 bridgehead atoms. The summed E-state index contributed by atoms with van der Waals surface area (Å²) >= 11 is 0. The van der Waals surface area contributed by atoms with Crippen LogP contribution in [0.15, 0.2) is 0 Å². The predicted molar refractivity (Wildman–Crippen MR) is 45.9 cm³/mol. The molecule has 0 aromatic heterocycles. The van der Waals surface area contributed by atoms with Crippen molar-refractivity contribution in [3.8, 4) is 0 Å². The summed E-state index contributed by atoms with van der Waals surface area (Å²) < 4.78 is 10.6. The Hall–Kier alpha value is -0.120. The minimum atomic E-state index is 0.333. The number of ether oxygens (including phenoxy) is 2. The first-order chi connectivity index (χ1) is 5.85. The standard InChI is InChI=1S/C9H17NO2/c10-7-9(5-8-6-12-8)1-3-11-4-2-9/h8H,1-7,10H2. The van der Waals surface area contributed by atoms with Crippen molar-refractivity contribution in [1.82, 2.24) is 0 Å². The van der Waals surface area contributed by atoms with Crippen LogP contribution in [0.2, 0.25) is 0 Å². The Morgan fingerprint density at radius 2 is 2.00 bits per heavy atom. The Labute approximate surface area is 73.2 Å². The highest BCUT2D eigenvalue weighted by Crippen LogP contribution is 2.37. The Morgan fingerprint density at radius 3 is 2.50 bits per heavy atom. The van der Waals surface area contributed by atoms with Gasteiger partial charge in [0.05, 0.1) is 12.7 Å². The van der Waals surface area contributed by atoms with Crippen LogP contribution in [-0.4, -0.2) is 32.5 Å². The van der Waals surface area contributed by atoms with E-state index < -0.39 is 0 Å². The van der Waals surface area contributed by atoms with Crippen molar-refractivity contribution in [3.63, 3.8) is 0 Å². The first-order valence-corrected chi connectivity index (χ1v) is 4.74. The summed E-state index contributed by atoms with van der Waals surface area (Å²) in [6.45, 7) is 3.49. The molecule has 0 aliphatic carbocycles. The van der Waals surface area contributed by atoms with E-state index in [0.717, 1.165) is 45.6 Å². The summed E-state index contributed by atoms with van der Waals surface area (Å²) in [5.41, 5.74) is 6.14. The third kappa shape index (κ3) is 1.79. The quantitative estimate of drug-likeness (QED) is 0.630. The van der Waals surface area contributed by atoms with Crippen LogP contribution >= 0.6 is 0 Å². The van der Waals surface area contributed by atoms with Gasteiger partial charge in [0, 0.05) is 13.2 Å². The van der Waals surface area contributed by atoms with E-state index in [4.69, 9.17) is 15.2 Å². The van der Waals surface area contributed by atoms with Gasteiger partial charge in [-0.15, -0.1) is 0 Å². The van der Waals surface area contributed by atoms with Crippen LogP contribution in [0.3, 0.4) is 0 Å². The Kier molecular flexibility index (Phi) is 2.35. The fourth-order valence-corrected chi connectivity index (χ4v) is 1.96. The van der Waals surface area contributed by atoms with Gasteiger partial charge in [-0.1, -0.05) is 0 Å². The lowest BCUT2D eigenvalue weighted by Gasteiger charge is -2.35. The van der Waals surface area contributed by atoms with Gasteiger partial charge in [0.15, 0.2) is 0 Å². The molecule has 3 nitrogen and oxygen atoms in total. The molecule has 0 spiro atoms. The average molecular weight is 171 g/mol. The second-order valence-electron chi connectivity index (χ2n) is 3.98. The Morgan fingerprint density at radius 1 is 1.33 bits per heavy atom. The summed E-state index contributed by atoms with van der Waals surface area (Å²) in [5, 5.41) is 0. The molecule has 2 aliphatic heterocycles. The molecule has 1 unspecified atom stereocenters. The second kappa shape index (κ2) is 3.32. The van der Waals surface area contributed by atoms with Crippen LogP contribution in [0.5, 0.6) is 0 Å². The zero-order chi connectivity index (χ0) is 8.44. The van der Waals surface area contributed by atoms with Crippen molar-refractivity contribution >= 4 is 0 Å². The maximum absolute atomic E-state index is 5.80. The van der Waals surface area contributed by atoms with E-state index in [1.165, 1.54) is 0 Å². The zero-order valence-corrected chi connectivity index (χ0v) is 7.42. The molecular formula is C9H17NO2. The molecule has 1 atom stereocenters. The van der Waals surface area contributed by atoms with Crippen LogP contribution < -0.4 is 5.73 Å². The van der Waals surface area contributed by atoms with E-state index in [9.17, 15) is 0 Å². The van der Waals surface area contributed by atoms with Gasteiger partial charge in [-0.05, 0) is 31.2 Å². The fraction of sp³-hybridized carbons (Fsp3) is 1.00. The first kappa shape index (κ1) is 8.48. The van der Waals surface area contributed by atoms with E-state index in [1.807, 2.05) is 0 Å². The molecule has 3 heteroatoms. The molecule has 2 heterocycles. The highest BCUT2D eigenvalue weighted by molar-refractivity contribution is 4.88. The van der Waals surface area contributed by atoms with E-state index in [2.05, 4.69) is 0 Å². The summed E-state index contributed by atoms with van der Waals surface area (Å²) in [6.07, 6.45) is 3.88. The first-order valence-electron chi connectivity index (χ1n) is 4.74. The normalized spacial score (nSPS) is 33.2. The molecule has 0 aromatic carbocycles. The van der Waals surface area contributed by atoms with Gasteiger partial charge >= 0.3 is 0 Å². The lowest BCUT2D eigenvalue weighted by atomic mass is 9.76. The minimum Gasteiger partial charge on any atom is -0.381 e. The van der Waals surface area contributed by atoms with E-state index in [0.29, 0.717) is 11.5 Å². The maximum Gasteiger partial charge on any atom is 0.0815 e. The topological polar surface area (TPSA) is 47.8 Å². The molecule has 2 fully saturated rings. The molecule has 0 radical (unpaired) electrons. The summed E-state index contributed by atoms with van der Waals surface area (Å²) in [4.78, 5) is 0. The number of hydrogen-bond acceptors (Lipinski definition) is 3. The number of epoxide rings is 1. The Bertz CT molecular complexity index is 151. The third-order valence-corrected chi connectivity index (χ3v) is 3.05. The number of rotatable bonds is 3. The van der Waals surface area contributed by atoms with Gasteiger partial charge < -0.3 is 15.2 Å². The molecule has 12 heavy (non-hydrogen) atoms. The van der Waals surface area contributed by atoms with Gasteiger partial charge in [-0.2, -0.15) is 0 Å². The number of hydrogen-bond donors (Lipinski definition) is 1. The van der Waals surface area contributed by atoms with Gasteiger partial charge in [0.1, 0.15) is 0 Å². The van der Waals surface area contributed by atoms with Crippen molar-refractivity contribution in [3.05, 3.63) is 0 Å². The summed E-state index contributed by atoms with van der Waals surface area (Å²) in [5.74, 6) is 0. The lowest BCUT2D eigenvalue weighted by molar-refractivity contribution is 0.0112. The highest BCUT2D eigenvalue weighted by Gasteiger charge is 2.38. The fourth-order valence-electron chi connectivity index (χ4n) is 1.96. The van der Waals surface area contributed by atoms with Gasteiger partial charge in [-0.25, -0.2) is 0 Å². The molecule has 2 N–H and O–H groups in total. The van der Waals surface area contributed by atoms with Crippen LogP contribution in [0.1, 0.15) is 19.3 Å². The van der Waals surface area contributed by atoms with Crippen molar-refractivity contribution in [1.29, 1.82) is 0 Å². The van der Waals surface area contributed by atoms with Crippen molar-refractivity contribution < 1.29 is 9.47 Å². The van der Waals surface area contributed by atoms with Crippen molar-refractivity contribution in [2.24, 2.45) is 11.1 Å². The molecule has 2 rings (SSSR count). The van der Waals surface area contributed by atoms with Crippen molar-refractivity contribution in [2.45, 2.75) is 25.4 Å². The molecule has 2 saturated heterocycles. The number of nitrogens with two attached hydrogens (primary N) is 1. The van der Waals surface area contributed by atoms with E-state index in [-0.39, 0.29) is 0 Å². The van der Waals surface area contributed by atoms with Crippen molar-refractivity contribution in [2.75, 3.05) is 26.4 Å². The molecular weight excluding hydrogens is 154 g/mol. The maximum atomic E-state index is 5.80. The zero-order valence-electron chi connectivity index (χ0n) is 7.42. The average Bonchev–Trinajstić information content (AvgIpc) is 2.90. The molecule has 0 aromatic rings. The smallest absolute Gasteiger partial charge is 0.0815 e. The molecule has 70 valence electrons. The van der Waals surface area contributed by atoms with E-state index in [1.54, 1.807) is 0 Å². The monoisotopic (exact) mass is 171 g/mol.